The van der Waals surface area contributed by atoms with Crippen molar-refractivity contribution >= 4 is 33.2 Å². The van der Waals surface area contributed by atoms with Crippen molar-refractivity contribution in [2.75, 3.05) is 5.73 Å². The molecular formula is C8H6N2O2S. The van der Waals surface area contributed by atoms with Crippen molar-refractivity contribution in [2.45, 2.75) is 0 Å². The van der Waals surface area contributed by atoms with Gasteiger partial charge in [0.25, 0.3) is 0 Å². The normalized spacial score (nSPS) is 10.5. The number of anilines is 1. The number of aromatic nitrogens is 1. The molecule has 0 amide bonds. The number of fused-ring (bicyclic) bond motifs is 1. The lowest BCUT2D eigenvalue weighted by atomic mass is 10.3. The highest BCUT2D eigenvalue weighted by atomic mass is 32.1. The first-order valence-electron chi connectivity index (χ1n) is 3.56. The zero-order chi connectivity index (χ0) is 9.42. The zero-order valence-corrected chi connectivity index (χ0v) is 7.34. The van der Waals surface area contributed by atoms with Gasteiger partial charge in [-0.3, -0.25) is 0 Å². The summed E-state index contributed by atoms with van der Waals surface area (Å²) in [5.41, 5.74) is 6.76. The van der Waals surface area contributed by atoms with Crippen LogP contribution in [0.2, 0.25) is 0 Å². The molecule has 66 valence electrons. The summed E-state index contributed by atoms with van der Waals surface area (Å²) in [4.78, 5) is 14.5. The maximum Gasteiger partial charge on any atom is 0.365 e. The van der Waals surface area contributed by atoms with Gasteiger partial charge in [-0.25, -0.2) is 9.78 Å². The van der Waals surface area contributed by atoms with Gasteiger partial charge in [0.15, 0.2) is 0 Å². The molecule has 0 aliphatic heterocycles. The van der Waals surface area contributed by atoms with Gasteiger partial charge < -0.3 is 10.8 Å². The van der Waals surface area contributed by atoms with Gasteiger partial charge in [-0.2, -0.15) is 0 Å². The van der Waals surface area contributed by atoms with Crippen LogP contribution in [0, 0.1) is 0 Å². The van der Waals surface area contributed by atoms with Crippen LogP contribution < -0.4 is 5.73 Å². The Balaban J connectivity index is 2.68. The minimum absolute atomic E-state index is 0.0978. The molecule has 0 saturated carbocycles. The highest BCUT2D eigenvalue weighted by Crippen LogP contribution is 2.23. The van der Waals surface area contributed by atoms with Crippen molar-refractivity contribution < 1.29 is 9.90 Å². The van der Waals surface area contributed by atoms with Crippen LogP contribution in [0.15, 0.2) is 18.2 Å². The Kier molecular flexibility index (Phi) is 1.66. The van der Waals surface area contributed by atoms with E-state index in [1.165, 1.54) is 0 Å². The Morgan fingerprint density at radius 3 is 3.00 bits per heavy atom. The molecule has 0 spiro atoms. The molecule has 0 aliphatic rings. The molecule has 0 radical (unpaired) electrons. The standard InChI is InChI=1S/C8H6N2O2S/c9-4-1-2-6-5(3-4)10-7(13-6)8(11)12/h1-3H,9H2,(H,11,12). The van der Waals surface area contributed by atoms with Gasteiger partial charge in [-0.1, -0.05) is 0 Å². The van der Waals surface area contributed by atoms with E-state index in [0.29, 0.717) is 11.2 Å². The first kappa shape index (κ1) is 8.00. The van der Waals surface area contributed by atoms with Crippen LogP contribution in [-0.2, 0) is 0 Å². The molecule has 1 heterocycles. The van der Waals surface area contributed by atoms with Crippen molar-refractivity contribution in [2.24, 2.45) is 0 Å². The SMILES string of the molecule is Nc1ccc2sc(C(=O)O)nc2c1. The van der Waals surface area contributed by atoms with Gasteiger partial charge in [0.2, 0.25) is 5.01 Å². The molecule has 0 atom stereocenters. The minimum Gasteiger partial charge on any atom is -0.476 e. The summed E-state index contributed by atoms with van der Waals surface area (Å²) in [6.07, 6.45) is 0. The molecule has 1 aromatic heterocycles. The number of benzene rings is 1. The van der Waals surface area contributed by atoms with E-state index < -0.39 is 5.97 Å². The Morgan fingerprint density at radius 1 is 1.54 bits per heavy atom. The van der Waals surface area contributed by atoms with E-state index in [4.69, 9.17) is 10.8 Å². The first-order chi connectivity index (χ1) is 6.16. The van der Waals surface area contributed by atoms with Crippen LogP contribution in [0.5, 0.6) is 0 Å². The molecular weight excluding hydrogens is 188 g/mol. The maximum atomic E-state index is 10.6. The van der Waals surface area contributed by atoms with Crippen molar-refractivity contribution in [1.82, 2.24) is 4.98 Å². The van der Waals surface area contributed by atoms with Crippen molar-refractivity contribution in [3.63, 3.8) is 0 Å². The highest BCUT2D eigenvalue weighted by molar-refractivity contribution is 7.20. The molecule has 0 aliphatic carbocycles. The van der Waals surface area contributed by atoms with Gasteiger partial charge in [-0.15, -0.1) is 11.3 Å². The number of carbonyl (C=O) groups is 1. The number of nitrogens with two attached hydrogens (primary N) is 1. The van der Waals surface area contributed by atoms with Gasteiger partial charge in [0, 0.05) is 5.69 Å². The monoisotopic (exact) mass is 194 g/mol. The van der Waals surface area contributed by atoms with Gasteiger partial charge in [-0.05, 0) is 18.2 Å². The van der Waals surface area contributed by atoms with Crippen molar-refractivity contribution in [3.05, 3.63) is 23.2 Å². The number of hydrogen-bond donors (Lipinski definition) is 2. The number of nitrogens with zero attached hydrogens (tertiary/aromatic N) is 1. The molecule has 0 saturated heterocycles. The van der Waals surface area contributed by atoms with Crippen LogP contribution in [0.25, 0.3) is 10.2 Å². The van der Waals surface area contributed by atoms with E-state index >= 15 is 0 Å². The highest BCUT2D eigenvalue weighted by Gasteiger charge is 2.09. The van der Waals surface area contributed by atoms with Gasteiger partial charge >= 0.3 is 5.97 Å². The quantitative estimate of drug-likeness (QED) is 0.675. The van der Waals surface area contributed by atoms with Crippen LogP contribution in [0.1, 0.15) is 9.80 Å². The number of aromatic carboxylic acids is 1. The largest absolute Gasteiger partial charge is 0.476 e. The van der Waals surface area contributed by atoms with E-state index in [1.807, 2.05) is 0 Å². The van der Waals surface area contributed by atoms with Crippen LogP contribution in [0.3, 0.4) is 0 Å². The molecule has 0 bridgehead atoms. The second-order valence-electron chi connectivity index (χ2n) is 2.55. The zero-order valence-electron chi connectivity index (χ0n) is 6.52. The Bertz CT molecular complexity index is 478. The summed E-state index contributed by atoms with van der Waals surface area (Å²) in [6.45, 7) is 0. The van der Waals surface area contributed by atoms with E-state index in [1.54, 1.807) is 18.2 Å². The summed E-state index contributed by atoms with van der Waals surface area (Å²) in [6, 6.07) is 5.17. The third kappa shape index (κ3) is 1.33. The number of rotatable bonds is 1. The molecule has 0 fully saturated rings. The predicted molar refractivity (Wildman–Crippen MR) is 51.0 cm³/mol. The lowest BCUT2D eigenvalue weighted by Gasteiger charge is -1.89. The smallest absolute Gasteiger partial charge is 0.365 e. The van der Waals surface area contributed by atoms with Crippen molar-refractivity contribution in [3.8, 4) is 0 Å². The minimum atomic E-state index is -1.00. The molecule has 2 aromatic rings. The Hall–Kier alpha value is -1.62. The van der Waals surface area contributed by atoms with E-state index in [-0.39, 0.29) is 5.01 Å². The third-order valence-electron chi connectivity index (χ3n) is 1.59. The molecule has 4 nitrogen and oxygen atoms in total. The molecule has 3 N–H and O–H groups in total. The Morgan fingerprint density at radius 2 is 2.31 bits per heavy atom. The summed E-state index contributed by atoms with van der Waals surface area (Å²) >= 11 is 1.15. The predicted octanol–water partition coefficient (Wildman–Crippen LogP) is 1.58. The molecule has 2 rings (SSSR count). The molecule has 5 heteroatoms. The number of thiazole rings is 1. The summed E-state index contributed by atoms with van der Waals surface area (Å²) in [7, 11) is 0. The van der Waals surface area contributed by atoms with E-state index in [0.717, 1.165) is 16.0 Å². The van der Waals surface area contributed by atoms with E-state index in [2.05, 4.69) is 4.98 Å². The summed E-state index contributed by atoms with van der Waals surface area (Å²) < 4.78 is 0.839. The Labute approximate surface area is 77.6 Å². The lowest BCUT2D eigenvalue weighted by Crippen LogP contribution is -1.93. The average molecular weight is 194 g/mol. The van der Waals surface area contributed by atoms with Crippen LogP contribution >= 0.6 is 11.3 Å². The second-order valence-corrected chi connectivity index (χ2v) is 3.58. The van der Waals surface area contributed by atoms with E-state index in [9.17, 15) is 4.79 Å². The van der Waals surface area contributed by atoms with Gasteiger partial charge in [0.05, 0.1) is 10.2 Å². The molecule has 1 aromatic carbocycles. The number of hydrogen-bond acceptors (Lipinski definition) is 4. The summed E-state index contributed by atoms with van der Waals surface area (Å²) in [5, 5.41) is 8.77. The fourth-order valence-corrected chi connectivity index (χ4v) is 1.82. The number of nitrogen functional groups attached to an aromatic ring is 1. The lowest BCUT2D eigenvalue weighted by molar-refractivity contribution is 0.0696. The van der Waals surface area contributed by atoms with Crippen LogP contribution in [0.4, 0.5) is 5.69 Å². The average Bonchev–Trinajstić information content (AvgIpc) is 2.46. The fraction of sp³-hybridized carbons (Fsp3) is 0. The number of carboxylic acids is 1. The first-order valence-corrected chi connectivity index (χ1v) is 4.38. The van der Waals surface area contributed by atoms with Gasteiger partial charge in [0.1, 0.15) is 0 Å². The number of carboxylic acid groups (broad SMARTS) is 1. The molecule has 0 unspecified atom stereocenters. The third-order valence-corrected chi connectivity index (χ3v) is 2.62. The second kappa shape index (κ2) is 2.70. The maximum absolute atomic E-state index is 10.6. The fourth-order valence-electron chi connectivity index (χ4n) is 1.04. The summed E-state index contributed by atoms with van der Waals surface area (Å²) in [5.74, 6) is -1.00. The molecule has 13 heavy (non-hydrogen) atoms. The van der Waals surface area contributed by atoms with Crippen molar-refractivity contribution in [1.29, 1.82) is 0 Å². The topological polar surface area (TPSA) is 76.2 Å². The van der Waals surface area contributed by atoms with Crippen LogP contribution in [-0.4, -0.2) is 16.1 Å².